The number of anilines is 1. The molecule has 3 heterocycles. The second-order valence-corrected chi connectivity index (χ2v) is 9.23. The number of nitrogens with zero attached hydrogens (tertiary/aromatic N) is 6. The summed E-state index contributed by atoms with van der Waals surface area (Å²) in [7, 11) is 0. The molecule has 12 heteroatoms. The van der Waals surface area contributed by atoms with E-state index in [0.29, 0.717) is 11.7 Å². The minimum Gasteiger partial charge on any atom is -0.356 e. The molecule has 1 aromatic carbocycles. The van der Waals surface area contributed by atoms with E-state index < -0.39 is 10.8 Å². The average Bonchev–Trinajstić information content (AvgIpc) is 3.22. The fourth-order valence-electron chi connectivity index (χ4n) is 3.80. The molecule has 0 spiro atoms. The highest BCUT2D eigenvalue weighted by Crippen LogP contribution is 2.29. The Morgan fingerprint density at radius 1 is 1.27 bits per heavy atom. The summed E-state index contributed by atoms with van der Waals surface area (Å²) in [5, 5.41) is 20.0. The molecule has 4 rings (SSSR count). The molecule has 1 aliphatic heterocycles. The normalized spacial score (nSPS) is 13.9. The summed E-state index contributed by atoms with van der Waals surface area (Å²) in [6.45, 7) is 4.63. The van der Waals surface area contributed by atoms with Gasteiger partial charge in [-0.25, -0.2) is 14.6 Å². The molecule has 33 heavy (non-hydrogen) atoms. The van der Waals surface area contributed by atoms with Crippen molar-refractivity contribution in [1.82, 2.24) is 25.1 Å². The second-order valence-electron chi connectivity index (χ2n) is 7.59. The fraction of sp³-hybridized carbons (Fsp3) is 0.429. The predicted octanol–water partition coefficient (Wildman–Crippen LogP) is 3.92. The van der Waals surface area contributed by atoms with Gasteiger partial charge in [0.1, 0.15) is 5.82 Å². The zero-order chi connectivity index (χ0) is 23.4. The highest BCUT2D eigenvalue weighted by molar-refractivity contribution is 7.99. The first-order valence-electron chi connectivity index (χ1n) is 10.8. The maximum atomic E-state index is 12.5. The van der Waals surface area contributed by atoms with Gasteiger partial charge in [0.2, 0.25) is 0 Å². The van der Waals surface area contributed by atoms with E-state index in [1.54, 1.807) is 22.6 Å². The summed E-state index contributed by atoms with van der Waals surface area (Å²) in [5.74, 6) is 1.29. The van der Waals surface area contributed by atoms with Crippen LogP contribution in [0.2, 0.25) is 5.02 Å². The number of amides is 1. The standard InChI is InChI=1S/C21H24ClN7O3S/c1-2-33-21-25-18(27-9-4-3-5-10-27)16-13-24-28(19(16)26-21)11-8-23-20(30)15-12-14(29(31)32)6-7-17(15)22/h6-7,12-13H,2-5,8-11H2,1H3,(H,23,30). The SMILES string of the molecule is CCSc1nc(N2CCCCC2)c2cnn(CCNC(=O)c3cc([N+](=O)[O-])ccc3Cl)c2n1. The monoisotopic (exact) mass is 489 g/mol. The lowest BCUT2D eigenvalue weighted by Crippen LogP contribution is -2.30. The molecule has 0 unspecified atom stereocenters. The Kier molecular flexibility index (Phi) is 7.29. The molecule has 1 aliphatic rings. The van der Waals surface area contributed by atoms with E-state index >= 15 is 0 Å². The summed E-state index contributed by atoms with van der Waals surface area (Å²) >= 11 is 7.65. The minimum absolute atomic E-state index is 0.0625. The largest absolute Gasteiger partial charge is 0.356 e. The summed E-state index contributed by atoms with van der Waals surface area (Å²) in [5.41, 5.74) is 0.599. The number of carbonyl (C=O) groups is 1. The van der Waals surface area contributed by atoms with Gasteiger partial charge in [-0.15, -0.1) is 0 Å². The fourth-order valence-corrected chi connectivity index (χ4v) is 4.56. The number of hydrogen-bond donors (Lipinski definition) is 1. The number of nitro benzene ring substituents is 1. The van der Waals surface area contributed by atoms with Crippen molar-refractivity contribution < 1.29 is 9.72 Å². The number of hydrogen-bond acceptors (Lipinski definition) is 8. The molecular weight excluding hydrogens is 466 g/mol. The second kappa shape index (κ2) is 10.3. The third kappa shape index (κ3) is 5.19. The Hall–Kier alpha value is -2.92. The van der Waals surface area contributed by atoms with Gasteiger partial charge < -0.3 is 10.2 Å². The smallest absolute Gasteiger partial charge is 0.270 e. The Balaban J connectivity index is 1.52. The first-order chi connectivity index (χ1) is 16.0. The number of thioether (sulfide) groups is 1. The molecule has 1 fully saturated rings. The van der Waals surface area contributed by atoms with Crippen LogP contribution in [-0.4, -0.2) is 56.0 Å². The van der Waals surface area contributed by atoms with Crippen LogP contribution < -0.4 is 10.2 Å². The minimum atomic E-state index is -0.561. The van der Waals surface area contributed by atoms with Crippen LogP contribution in [0.15, 0.2) is 29.6 Å². The number of rotatable bonds is 8. The number of halogens is 1. The molecule has 3 aromatic rings. The highest BCUT2D eigenvalue weighted by Gasteiger charge is 2.20. The van der Waals surface area contributed by atoms with E-state index in [1.807, 2.05) is 0 Å². The first kappa shape index (κ1) is 23.2. The topological polar surface area (TPSA) is 119 Å². The van der Waals surface area contributed by atoms with E-state index in [1.165, 1.54) is 24.6 Å². The number of nitro groups is 1. The summed E-state index contributed by atoms with van der Waals surface area (Å²) in [6.07, 6.45) is 5.29. The summed E-state index contributed by atoms with van der Waals surface area (Å²) in [4.78, 5) is 34.8. The van der Waals surface area contributed by atoms with Crippen LogP contribution >= 0.6 is 23.4 Å². The molecule has 0 aliphatic carbocycles. The Morgan fingerprint density at radius 3 is 2.79 bits per heavy atom. The Morgan fingerprint density at radius 2 is 2.06 bits per heavy atom. The molecule has 174 valence electrons. The van der Waals surface area contributed by atoms with Crippen molar-refractivity contribution in [2.24, 2.45) is 0 Å². The van der Waals surface area contributed by atoms with Crippen LogP contribution in [0.1, 0.15) is 36.5 Å². The van der Waals surface area contributed by atoms with Crippen molar-refractivity contribution in [3.8, 4) is 0 Å². The van der Waals surface area contributed by atoms with Gasteiger partial charge in [0.05, 0.1) is 33.6 Å². The molecular formula is C21H24ClN7O3S. The number of benzene rings is 1. The van der Waals surface area contributed by atoms with Gasteiger partial charge in [-0.1, -0.05) is 30.3 Å². The molecule has 0 atom stereocenters. The van der Waals surface area contributed by atoms with Crippen molar-refractivity contribution in [3.63, 3.8) is 0 Å². The van der Waals surface area contributed by atoms with Gasteiger partial charge in [-0.2, -0.15) is 5.10 Å². The van der Waals surface area contributed by atoms with Crippen LogP contribution in [0.25, 0.3) is 11.0 Å². The molecule has 0 saturated carbocycles. The molecule has 10 nitrogen and oxygen atoms in total. The Bertz CT molecular complexity index is 1180. The van der Waals surface area contributed by atoms with Crippen LogP contribution in [-0.2, 0) is 6.54 Å². The quantitative estimate of drug-likeness (QED) is 0.219. The van der Waals surface area contributed by atoms with Gasteiger partial charge >= 0.3 is 0 Å². The number of non-ortho nitro benzene ring substituents is 1. The average molecular weight is 490 g/mol. The number of aromatic nitrogens is 4. The lowest BCUT2D eigenvalue weighted by atomic mass is 10.1. The Labute approximate surface area is 199 Å². The van der Waals surface area contributed by atoms with Crippen molar-refractivity contribution in [2.45, 2.75) is 37.9 Å². The van der Waals surface area contributed by atoms with Crippen molar-refractivity contribution in [1.29, 1.82) is 0 Å². The van der Waals surface area contributed by atoms with Crippen LogP contribution in [0.4, 0.5) is 11.5 Å². The van der Waals surface area contributed by atoms with Crippen molar-refractivity contribution in [3.05, 3.63) is 45.1 Å². The molecule has 1 amide bonds. The van der Waals surface area contributed by atoms with Crippen LogP contribution in [0.3, 0.4) is 0 Å². The van der Waals surface area contributed by atoms with Gasteiger partial charge in [0.15, 0.2) is 10.8 Å². The number of nitrogens with one attached hydrogen (secondary N) is 1. The molecule has 1 N–H and O–H groups in total. The summed E-state index contributed by atoms with van der Waals surface area (Å²) < 4.78 is 1.75. The van der Waals surface area contributed by atoms with Crippen LogP contribution in [0.5, 0.6) is 0 Å². The molecule has 1 saturated heterocycles. The third-order valence-electron chi connectivity index (χ3n) is 5.40. The van der Waals surface area contributed by atoms with E-state index in [2.05, 4.69) is 22.2 Å². The van der Waals surface area contributed by atoms with Gasteiger partial charge in [0.25, 0.3) is 11.6 Å². The van der Waals surface area contributed by atoms with Crippen molar-refractivity contribution >= 4 is 51.8 Å². The first-order valence-corrected chi connectivity index (χ1v) is 12.2. The molecule has 0 radical (unpaired) electrons. The zero-order valence-electron chi connectivity index (χ0n) is 18.2. The van der Waals surface area contributed by atoms with Gasteiger partial charge in [0, 0.05) is 31.8 Å². The maximum absolute atomic E-state index is 12.5. The van der Waals surface area contributed by atoms with E-state index in [-0.39, 0.29) is 22.8 Å². The van der Waals surface area contributed by atoms with E-state index in [0.717, 1.165) is 48.5 Å². The maximum Gasteiger partial charge on any atom is 0.270 e. The number of carbonyl (C=O) groups excluding carboxylic acids is 1. The van der Waals surface area contributed by atoms with Gasteiger partial charge in [-0.3, -0.25) is 14.9 Å². The zero-order valence-corrected chi connectivity index (χ0v) is 19.7. The number of fused-ring (bicyclic) bond motifs is 1. The third-order valence-corrected chi connectivity index (χ3v) is 6.46. The van der Waals surface area contributed by atoms with Gasteiger partial charge in [-0.05, 0) is 31.1 Å². The molecule has 2 aromatic heterocycles. The number of piperidine rings is 1. The van der Waals surface area contributed by atoms with E-state index in [4.69, 9.17) is 21.6 Å². The molecule has 0 bridgehead atoms. The van der Waals surface area contributed by atoms with E-state index in [9.17, 15) is 14.9 Å². The summed E-state index contributed by atoms with van der Waals surface area (Å²) in [6, 6.07) is 3.79. The van der Waals surface area contributed by atoms with Crippen molar-refractivity contribution in [2.75, 3.05) is 30.3 Å². The highest BCUT2D eigenvalue weighted by atomic mass is 35.5. The lowest BCUT2D eigenvalue weighted by molar-refractivity contribution is -0.384. The lowest BCUT2D eigenvalue weighted by Gasteiger charge is -2.28. The van der Waals surface area contributed by atoms with Crippen LogP contribution in [0, 0.1) is 10.1 Å². The predicted molar refractivity (Wildman–Crippen MR) is 128 cm³/mol.